The summed E-state index contributed by atoms with van der Waals surface area (Å²) < 4.78 is 11.6. The lowest BCUT2D eigenvalue weighted by atomic mass is 9.88. The van der Waals surface area contributed by atoms with Crippen LogP contribution in [-0.4, -0.2) is 67.3 Å². The van der Waals surface area contributed by atoms with Crippen LogP contribution in [0.1, 0.15) is 24.1 Å². The maximum atomic E-state index is 12.5. The first kappa shape index (κ1) is 16.5. The van der Waals surface area contributed by atoms with Gasteiger partial charge in [-0.2, -0.15) is 0 Å². The number of piperidine rings is 1. The van der Waals surface area contributed by atoms with E-state index in [0.717, 1.165) is 65.2 Å². The SMILES string of the molecule is O=C(C1CCOC1)N1CCC2(CC1)CN(Cc1cccs1)CCO2. The molecule has 1 unspecified atom stereocenters. The Morgan fingerprint density at radius 1 is 1.29 bits per heavy atom. The number of hydrogen-bond donors (Lipinski definition) is 0. The van der Waals surface area contributed by atoms with Gasteiger partial charge in [-0.3, -0.25) is 9.69 Å². The van der Waals surface area contributed by atoms with Gasteiger partial charge in [0.1, 0.15) is 0 Å². The molecule has 3 aliphatic heterocycles. The Hall–Kier alpha value is -0.950. The fourth-order valence-corrected chi connectivity index (χ4v) is 4.85. The summed E-state index contributed by atoms with van der Waals surface area (Å²) in [5.41, 5.74) is -0.0571. The Labute approximate surface area is 147 Å². The number of carbonyl (C=O) groups excluding carboxylic acids is 1. The average Bonchev–Trinajstić information content (AvgIpc) is 3.29. The fraction of sp³-hybridized carbons (Fsp3) is 0.722. The van der Waals surface area contributed by atoms with Crippen molar-refractivity contribution in [1.82, 2.24) is 9.80 Å². The highest BCUT2D eigenvalue weighted by Crippen LogP contribution is 2.32. The molecule has 5 nitrogen and oxygen atoms in total. The Morgan fingerprint density at radius 2 is 2.17 bits per heavy atom. The van der Waals surface area contributed by atoms with Crippen LogP contribution in [0.15, 0.2) is 17.5 Å². The van der Waals surface area contributed by atoms with Gasteiger partial charge in [-0.15, -0.1) is 11.3 Å². The van der Waals surface area contributed by atoms with Crippen molar-refractivity contribution in [1.29, 1.82) is 0 Å². The maximum Gasteiger partial charge on any atom is 0.228 e. The van der Waals surface area contributed by atoms with Crippen molar-refractivity contribution < 1.29 is 14.3 Å². The number of carbonyl (C=O) groups is 1. The first-order chi connectivity index (χ1) is 11.7. The van der Waals surface area contributed by atoms with Crippen LogP contribution in [0.3, 0.4) is 0 Å². The molecule has 1 aromatic rings. The standard InChI is InChI=1S/C18H26N2O3S/c21-17(15-3-9-22-13-15)20-6-4-18(5-7-20)14-19(8-10-23-18)12-16-2-1-11-24-16/h1-2,11,15H,3-10,12-14H2. The lowest BCUT2D eigenvalue weighted by Crippen LogP contribution is -2.57. The molecule has 1 aromatic heterocycles. The number of rotatable bonds is 3. The van der Waals surface area contributed by atoms with E-state index in [1.807, 2.05) is 16.2 Å². The predicted molar refractivity (Wildman–Crippen MR) is 93.0 cm³/mol. The normalized spacial score (nSPS) is 27.7. The molecule has 24 heavy (non-hydrogen) atoms. The molecule has 0 saturated carbocycles. The van der Waals surface area contributed by atoms with E-state index in [0.29, 0.717) is 6.61 Å². The maximum absolute atomic E-state index is 12.5. The summed E-state index contributed by atoms with van der Waals surface area (Å²) in [6.45, 7) is 6.78. The molecule has 3 fully saturated rings. The zero-order chi connectivity index (χ0) is 16.4. The number of hydrogen-bond acceptors (Lipinski definition) is 5. The van der Waals surface area contributed by atoms with Gasteiger partial charge < -0.3 is 14.4 Å². The fourth-order valence-electron chi connectivity index (χ4n) is 4.11. The third-order valence-corrected chi connectivity index (χ3v) is 6.41. The van der Waals surface area contributed by atoms with Crippen molar-refractivity contribution >= 4 is 17.2 Å². The second-order valence-corrected chi connectivity index (χ2v) is 8.24. The highest BCUT2D eigenvalue weighted by atomic mass is 32.1. The summed E-state index contributed by atoms with van der Waals surface area (Å²) in [6, 6.07) is 4.32. The van der Waals surface area contributed by atoms with E-state index in [2.05, 4.69) is 22.4 Å². The summed E-state index contributed by atoms with van der Waals surface area (Å²) in [4.78, 5) is 18.5. The van der Waals surface area contributed by atoms with Gasteiger partial charge in [-0.05, 0) is 30.7 Å². The molecular weight excluding hydrogens is 324 g/mol. The topological polar surface area (TPSA) is 42.0 Å². The van der Waals surface area contributed by atoms with Gasteiger partial charge in [0.15, 0.2) is 0 Å². The van der Waals surface area contributed by atoms with Crippen LogP contribution in [-0.2, 0) is 20.8 Å². The van der Waals surface area contributed by atoms with E-state index >= 15 is 0 Å². The van der Waals surface area contributed by atoms with Crippen LogP contribution < -0.4 is 0 Å². The molecule has 0 radical (unpaired) electrons. The van der Waals surface area contributed by atoms with E-state index in [1.165, 1.54) is 4.88 Å². The van der Waals surface area contributed by atoms with Gasteiger partial charge in [-0.25, -0.2) is 0 Å². The second-order valence-electron chi connectivity index (χ2n) is 7.21. The molecule has 0 aromatic carbocycles. The van der Waals surface area contributed by atoms with Gasteiger partial charge in [0.2, 0.25) is 5.91 Å². The van der Waals surface area contributed by atoms with E-state index < -0.39 is 0 Å². The van der Waals surface area contributed by atoms with Crippen molar-refractivity contribution in [2.24, 2.45) is 5.92 Å². The molecule has 6 heteroatoms. The number of nitrogens with zero attached hydrogens (tertiary/aromatic N) is 2. The van der Waals surface area contributed by atoms with Crippen molar-refractivity contribution in [2.75, 3.05) is 46.0 Å². The zero-order valence-electron chi connectivity index (χ0n) is 14.1. The third kappa shape index (κ3) is 3.52. The molecule has 4 rings (SSSR count). The largest absolute Gasteiger partial charge is 0.381 e. The Kier molecular flexibility index (Phi) is 4.90. The van der Waals surface area contributed by atoms with Gasteiger partial charge in [-0.1, -0.05) is 6.07 Å². The Bertz CT molecular complexity index is 549. The zero-order valence-corrected chi connectivity index (χ0v) is 14.9. The highest BCUT2D eigenvalue weighted by molar-refractivity contribution is 7.09. The third-order valence-electron chi connectivity index (χ3n) is 5.55. The van der Waals surface area contributed by atoms with Crippen LogP contribution >= 0.6 is 11.3 Å². The van der Waals surface area contributed by atoms with Crippen LogP contribution in [0.5, 0.6) is 0 Å². The van der Waals surface area contributed by atoms with E-state index in [4.69, 9.17) is 9.47 Å². The molecule has 0 N–H and O–H groups in total. The molecule has 1 atom stereocenters. The lowest BCUT2D eigenvalue weighted by molar-refractivity contribution is -0.153. The molecule has 4 heterocycles. The molecule has 1 amide bonds. The highest BCUT2D eigenvalue weighted by Gasteiger charge is 2.41. The lowest BCUT2D eigenvalue weighted by Gasteiger charge is -2.47. The van der Waals surface area contributed by atoms with Crippen molar-refractivity contribution in [3.05, 3.63) is 22.4 Å². The molecule has 3 saturated heterocycles. The minimum absolute atomic E-state index is 0.0571. The van der Waals surface area contributed by atoms with E-state index in [-0.39, 0.29) is 17.4 Å². The molecule has 0 aliphatic carbocycles. The Morgan fingerprint density at radius 3 is 2.88 bits per heavy atom. The molecule has 3 aliphatic rings. The van der Waals surface area contributed by atoms with Gasteiger partial charge >= 0.3 is 0 Å². The van der Waals surface area contributed by atoms with Gasteiger partial charge in [0.05, 0.1) is 24.7 Å². The number of morpholine rings is 1. The minimum atomic E-state index is -0.0571. The Balaban J connectivity index is 1.32. The summed E-state index contributed by atoms with van der Waals surface area (Å²) in [5.74, 6) is 0.371. The van der Waals surface area contributed by atoms with E-state index in [9.17, 15) is 4.79 Å². The number of likely N-dealkylation sites (tertiary alicyclic amines) is 1. The number of amides is 1. The van der Waals surface area contributed by atoms with Crippen LogP contribution in [0.25, 0.3) is 0 Å². The minimum Gasteiger partial charge on any atom is -0.381 e. The van der Waals surface area contributed by atoms with Gasteiger partial charge in [0.25, 0.3) is 0 Å². The quantitative estimate of drug-likeness (QED) is 0.836. The van der Waals surface area contributed by atoms with E-state index in [1.54, 1.807) is 0 Å². The molecular formula is C18H26N2O3S. The first-order valence-corrected chi connectivity index (χ1v) is 9.87. The summed E-state index contributed by atoms with van der Waals surface area (Å²) in [7, 11) is 0. The predicted octanol–water partition coefficient (Wildman–Crippen LogP) is 1.98. The monoisotopic (exact) mass is 350 g/mol. The summed E-state index contributed by atoms with van der Waals surface area (Å²) in [5, 5.41) is 2.14. The second kappa shape index (κ2) is 7.12. The van der Waals surface area contributed by atoms with Crippen molar-refractivity contribution in [3.63, 3.8) is 0 Å². The first-order valence-electron chi connectivity index (χ1n) is 8.99. The van der Waals surface area contributed by atoms with Gasteiger partial charge in [0, 0.05) is 44.2 Å². The number of ether oxygens (including phenoxy) is 2. The molecule has 0 bridgehead atoms. The van der Waals surface area contributed by atoms with Crippen molar-refractivity contribution in [3.8, 4) is 0 Å². The van der Waals surface area contributed by atoms with Crippen LogP contribution in [0.4, 0.5) is 0 Å². The number of thiophene rings is 1. The summed E-state index contributed by atoms with van der Waals surface area (Å²) in [6.07, 6.45) is 2.78. The molecule has 132 valence electrons. The average molecular weight is 350 g/mol. The molecule has 1 spiro atoms. The van der Waals surface area contributed by atoms with Crippen molar-refractivity contribution in [2.45, 2.75) is 31.4 Å². The van der Waals surface area contributed by atoms with Crippen LogP contribution in [0.2, 0.25) is 0 Å². The smallest absolute Gasteiger partial charge is 0.228 e. The summed E-state index contributed by atoms with van der Waals surface area (Å²) >= 11 is 1.82. The van der Waals surface area contributed by atoms with Crippen LogP contribution in [0, 0.1) is 5.92 Å².